The van der Waals surface area contributed by atoms with Crippen molar-refractivity contribution >= 4 is 34.8 Å². The van der Waals surface area contributed by atoms with Crippen molar-refractivity contribution in [3.63, 3.8) is 0 Å². The van der Waals surface area contributed by atoms with Crippen molar-refractivity contribution in [3.8, 4) is 5.75 Å². The van der Waals surface area contributed by atoms with Crippen molar-refractivity contribution in [1.29, 1.82) is 0 Å². The van der Waals surface area contributed by atoms with Crippen LogP contribution in [0.2, 0.25) is 0 Å². The molecule has 0 saturated carbocycles. The van der Waals surface area contributed by atoms with Crippen LogP contribution >= 0.6 is 12.2 Å². The van der Waals surface area contributed by atoms with E-state index in [1.54, 1.807) is 53.4 Å². The summed E-state index contributed by atoms with van der Waals surface area (Å²) in [6.07, 6.45) is 0. The molecule has 0 unspecified atom stereocenters. The third-order valence-electron chi connectivity index (χ3n) is 4.34. The highest BCUT2D eigenvalue weighted by molar-refractivity contribution is 7.80. The van der Waals surface area contributed by atoms with Gasteiger partial charge in [0.2, 0.25) is 0 Å². The van der Waals surface area contributed by atoms with Gasteiger partial charge in [-0.2, -0.15) is 0 Å². The maximum absolute atomic E-state index is 12.8. The van der Waals surface area contributed by atoms with E-state index in [1.807, 2.05) is 6.92 Å². The minimum Gasteiger partial charge on any atom is -0.494 e. The zero-order valence-electron chi connectivity index (χ0n) is 16.1. The maximum Gasteiger partial charge on any atom is 0.257 e. The number of ether oxygens (including phenoxy) is 2. The standard InChI is InChI=1S/C21H23N3O4S/c1-2-28-16-7-5-6-15(14-16)19(25)23-21(29)22-18-9-4-3-8-17(18)20(26)24-10-12-27-13-11-24/h3-9,14H,2,10-13H2,1H3,(H2,22,23,25,29). The second kappa shape index (κ2) is 9.99. The highest BCUT2D eigenvalue weighted by Crippen LogP contribution is 2.18. The Hall–Kier alpha value is -2.97. The van der Waals surface area contributed by atoms with Crippen LogP contribution in [0.4, 0.5) is 5.69 Å². The van der Waals surface area contributed by atoms with Gasteiger partial charge >= 0.3 is 0 Å². The smallest absolute Gasteiger partial charge is 0.257 e. The lowest BCUT2D eigenvalue weighted by molar-refractivity contribution is 0.0303. The van der Waals surface area contributed by atoms with E-state index >= 15 is 0 Å². The number of benzene rings is 2. The first-order valence-electron chi connectivity index (χ1n) is 9.39. The zero-order chi connectivity index (χ0) is 20.6. The molecule has 0 bridgehead atoms. The average molecular weight is 413 g/mol. The second-order valence-electron chi connectivity index (χ2n) is 6.32. The fourth-order valence-electron chi connectivity index (χ4n) is 2.94. The minimum absolute atomic E-state index is 0.102. The molecule has 1 heterocycles. The van der Waals surface area contributed by atoms with Gasteiger partial charge in [-0.05, 0) is 49.5 Å². The Kier molecular flexibility index (Phi) is 7.15. The van der Waals surface area contributed by atoms with Gasteiger partial charge in [0.25, 0.3) is 11.8 Å². The lowest BCUT2D eigenvalue weighted by atomic mass is 10.1. The second-order valence-corrected chi connectivity index (χ2v) is 6.73. The summed E-state index contributed by atoms with van der Waals surface area (Å²) >= 11 is 5.28. The maximum atomic E-state index is 12.8. The molecule has 2 N–H and O–H groups in total. The van der Waals surface area contributed by atoms with Crippen LogP contribution in [0.5, 0.6) is 5.75 Å². The summed E-state index contributed by atoms with van der Waals surface area (Å²) in [5.74, 6) is 0.150. The van der Waals surface area contributed by atoms with Crippen LogP contribution in [0.15, 0.2) is 48.5 Å². The number of carbonyl (C=O) groups excluding carboxylic acids is 2. The van der Waals surface area contributed by atoms with E-state index in [2.05, 4.69) is 10.6 Å². The first kappa shape index (κ1) is 20.8. The highest BCUT2D eigenvalue weighted by atomic mass is 32.1. The first-order chi connectivity index (χ1) is 14.1. The molecule has 1 saturated heterocycles. The SMILES string of the molecule is CCOc1cccc(C(=O)NC(=S)Nc2ccccc2C(=O)N2CCOCC2)c1. The van der Waals surface area contributed by atoms with Crippen LogP contribution in [0.1, 0.15) is 27.6 Å². The number of para-hydroxylation sites is 1. The normalized spacial score (nSPS) is 13.5. The number of morpholine rings is 1. The van der Waals surface area contributed by atoms with Crippen LogP contribution < -0.4 is 15.4 Å². The summed E-state index contributed by atoms with van der Waals surface area (Å²) < 4.78 is 10.7. The molecule has 0 spiro atoms. The van der Waals surface area contributed by atoms with Crippen molar-refractivity contribution in [2.24, 2.45) is 0 Å². The predicted octanol–water partition coefficient (Wildman–Crippen LogP) is 2.68. The summed E-state index contributed by atoms with van der Waals surface area (Å²) in [7, 11) is 0. The fraction of sp³-hybridized carbons (Fsp3) is 0.286. The quantitative estimate of drug-likeness (QED) is 0.734. The molecular weight excluding hydrogens is 390 g/mol. The van der Waals surface area contributed by atoms with Gasteiger partial charge in [-0.3, -0.25) is 14.9 Å². The summed E-state index contributed by atoms with van der Waals surface area (Å²) in [5, 5.41) is 5.71. The summed E-state index contributed by atoms with van der Waals surface area (Å²) in [5.41, 5.74) is 1.46. The van der Waals surface area contributed by atoms with Crippen LogP contribution in [0.3, 0.4) is 0 Å². The lowest BCUT2D eigenvalue weighted by Crippen LogP contribution is -2.41. The molecule has 0 aromatic heterocycles. The minimum atomic E-state index is -0.360. The van der Waals surface area contributed by atoms with Crippen LogP contribution in [0.25, 0.3) is 0 Å². The van der Waals surface area contributed by atoms with Crippen molar-refractivity contribution in [2.75, 3.05) is 38.2 Å². The van der Waals surface area contributed by atoms with Crippen LogP contribution in [-0.2, 0) is 4.74 Å². The summed E-state index contributed by atoms with van der Waals surface area (Å²) in [6.45, 7) is 4.53. The number of nitrogens with zero attached hydrogens (tertiary/aromatic N) is 1. The topological polar surface area (TPSA) is 79.9 Å². The zero-order valence-corrected chi connectivity index (χ0v) is 17.0. The first-order valence-corrected chi connectivity index (χ1v) is 9.80. The third kappa shape index (κ3) is 5.52. The molecule has 29 heavy (non-hydrogen) atoms. The van der Waals surface area contributed by atoms with E-state index < -0.39 is 0 Å². The van der Waals surface area contributed by atoms with Gasteiger partial charge in [-0.1, -0.05) is 18.2 Å². The Morgan fingerprint density at radius 3 is 2.66 bits per heavy atom. The van der Waals surface area contributed by atoms with Crippen molar-refractivity contribution in [1.82, 2.24) is 10.2 Å². The number of hydrogen-bond donors (Lipinski definition) is 2. The van der Waals surface area contributed by atoms with Gasteiger partial charge in [0.15, 0.2) is 5.11 Å². The van der Waals surface area contributed by atoms with Gasteiger partial charge in [-0.25, -0.2) is 0 Å². The molecule has 0 aliphatic carbocycles. The van der Waals surface area contributed by atoms with Gasteiger partial charge in [0.1, 0.15) is 5.75 Å². The van der Waals surface area contributed by atoms with Crippen molar-refractivity contribution < 1.29 is 19.1 Å². The molecular formula is C21H23N3O4S. The Balaban J connectivity index is 1.67. The molecule has 2 aromatic carbocycles. The number of amides is 2. The fourth-order valence-corrected chi connectivity index (χ4v) is 3.14. The highest BCUT2D eigenvalue weighted by Gasteiger charge is 2.21. The molecule has 1 aliphatic rings. The molecule has 1 aliphatic heterocycles. The van der Waals surface area contributed by atoms with Gasteiger partial charge in [-0.15, -0.1) is 0 Å². The number of anilines is 1. The molecule has 1 fully saturated rings. The van der Waals surface area contributed by atoms with E-state index in [-0.39, 0.29) is 16.9 Å². The Morgan fingerprint density at radius 1 is 1.14 bits per heavy atom. The molecule has 3 rings (SSSR count). The van der Waals surface area contributed by atoms with E-state index in [4.69, 9.17) is 21.7 Å². The molecule has 0 atom stereocenters. The van der Waals surface area contributed by atoms with Gasteiger partial charge in [0, 0.05) is 18.7 Å². The molecule has 2 amide bonds. The number of rotatable bonds is 5. The predicted molar refractivity (Wildman–Crippen MR) is 114 cm³/mol. The lowest BCUT2D eigenvalue weighted by Gasteiger charge is -2.27. The van der Waals surface area contributed by atoms with E-state index in [0.717, 1.165) is 0 Å². The van der Waals surface area contributed by atoms with Gasteiger partial charge in [0.05, 0.1) is 31.1 Å². The monoisotopic (exact) mass is 413 g/mol. The Morgan fingerprint density at radius 2 is 1.90 bits per heavy atom. The van der Waals surface area contributed by atoms with E-state index in [1.165, 1.54) is 0 Å². The summed E-state index contributed by atoms with van der Waals surface area (Å²) in [6, 6.07) is 13.9. The molecule has 2 aromatic rings. The number of carbonyl (C=O) groups is 2. The van der Waals surface area contributed by atoms with Crippen LogP contribution in [-0.4, -0.2) is 54.7 Å². The number of nitrogens with one attached hydrogen (secondary N) is 2. The number of thiocarbonyl (C=S) groups is 1. The molecule has 152 valence electrons. The van der Waals surface area contributed by atoms with E-state index in [9.17, 15) is 9.59 Å². The van der Waals surface area contributed by atoms with Crippen molar-refractivity contribution in [3.05, 3.63) is 59.7 Å². The Bertz CT molecular complexity index is 897. The molecule has 0 radical (unpaired) electrons. The third-order valence-corrected chi connectivity index (χ3v) is 4.54. The van der Waals surface area contributed by atoms with Crippen LogP contribution in [0, 0.1) is 0 Å². The summed E-state index contributed by atoms with van der Waals surface area (Å²) in [4.78, 5) is 27.1. The van der Waals surface area contributed by atoms with E-state index in [0.29, 0.717) is 55.5 Å². The average Bonchev–Trinajstić information content (AvgIpc) is 2.74. The molecule has 8 heteroatoms. The molecule has 7 nitrogen and oxygen atoms in total. The Labute approximate surface area is 175 Å². The van der Waals surface area contributed by atoms with Crippen molar-refractivity contribution in [2.45, 2.75) is 6.92 Å². The van der Waals surface area contributed by atoms with Gasteiger partial charge < -0.3 is 19.7 Å². The largest absolute Gasteiger partial charge is 0.494 e. The number of hydrogen-bond acceptors (Lipinski definition) is 5.